The van der Waals surface area contributed by atoms with Crippen LogP contribution in [0.2, 0.25) is 0 Å². The number of hydrazine groups is 1. The molecular weight excluding hydrogens is 364 g/mol. The molecule has 0 saturated carbocycles. The van der Waals surface area contributed by atoms with Gasteiger partial charge < -0.3 is 5.32 Å². The van der Waals surface area contributed by atoms with Crippen molar-refractivity contribution in [1.29, 1.82) is 0 Å². The van der Waals surface area contributed by atoms with E-state index in [4.69, 9.17) is 0 Å². The molecule has 1 aliphatic rings. The largest absolute Gasteiger partial charge is 0.337 e. The third-order valence-corrected chi connectivity index (χ3v) is 3.63. The van der Waals surface area contributed by atoms with Gasteiger partial charge in [-0.05, 0) is 12.1 Å². The van der Waals surface area contributed by atoms with Gasteiger partial charge in [0.15, 0.2) is 5.92 Å². The number of non-ortho nitro benzene ring substituents is 1. The highest BCUT2D eigenvalue weighted by Crippen LogP contribution is 2.16. The van der Waals surface area contributed by atoms with E-state index in [-0.39, 0.29) is 11.4 Å². The zero-order valence-electron chi connectivity index (χ0n) is 14.1. The summed E-state index contributed by atoms with van der Waals surface area (Å²) in [6.07, 6.45) is 0. The number of imide groups is 2. The van der Waals surface area contributed by atoms with Crippen LogP contribution >= 0.6 is 0 Å². The topological polar surface area (TPSA) is 171 Å². The zero-order chi connectivity index (χ0) is 20.3. The maximum Gasteiger partial charge on any atom is 0.337 e. The molecule has 0 bridgehead atoms. The summed E-state index contributed by atoms with van der Waals surface area (Å²) in [7, 11) is 2.23. The number of anilines is 1. The summed E-state index contributed by atoms with van der Waals surface area (Å²) in [5.74, 6) is -5.01. The molecule has 142 valence electrons. The molecule has 1 aromatic carbocycles. The van der Waals surface area contributed by atoms with E-state index in [9.17, 15) is 34.1 Å². The maximum absolute atomic E-state index is 12.1. The summed E-state index contributed by atoms with van der Waals surface area (Å²) in [5.41, 5.74) is 3.86. The number of amides is 7. The average molecular weight is 378 g/mol. The minimum Gasteiger partial charge on any atom is -0.307 e. The molecular formula is C14H14N6O7. The number of carbonyl (C=O) groups is 5. The molecule has 0 aliphatic carbocycles. The van der Waals surface area contributed by atoms with Gasteiger partial charge in [-0.15, -0.1) is 0 Å². The van der Waals surface area contributed by atoms with Gasteiger partial charge in [-0.1, -0.05) is 0 Å². The first-order chi connectivity index (χ1) is 12.6. The number of hydrogen-bond donors (Lipinski definition) is 3. The summed E-state index contributed by atoms with van der Waals surface area (Å²) >= 11 is 0. The Balaban J connectivity index is 1.95. The number of nitro groups is 1. The van der Waals surface area contributed by atoms with E-state index < -0.39 is 40.6 Å². The fourth-order valence-electron chi connectivity index (χ4n) is 2.15. The SMILES string of the molecule is CN1C(=O)C(C(=O)NNC(=O)Nc2ccc([N+](=O)[O-])cc2)C(=O)N(C)C1=O. The Kier molecular flexibility index (Phi) is 5.34. The van der Waals surface area contributed by atoms with Crippen LogP contribution in [0.1, 0.15) is 0 Å². The molecule has 13 heteroatoms. The first-order valence-electron chi connectivity index (χ1n) is 7.34. The number of nitro benzene ring substituents is 1. The summed E-state index contributed by atoms with van der Waals surface area (Å²) in [5, 5.41) is 12.8. The number of barbiturate groups is 1. The van der Waals surface area contributed by atoms with Gasteiger partial charge in [0.1, 0.15) is 0 Å². The van der Waals surface area contributed by atoms with Crippen LogP contribution < -0.4 is 16.2 Å². The maximum atomic E-state index is 12.1. The van der Waals surface area contributed by atoms with Crippen molar-refractivity contribution in [1.82, 2.24) is 20.7 Å². The summed E-state index contributed by atoms with van der Waals surface area (Å²) < 4.78 is 0. The molecule has 0 aromatic heterocycles. The second-order valence-electron chi connectivity index (χ2n) is 5.38. The fraction of sp³-hybridized carbons (Fsp3) is 0.214. The number of hydrogen-bond acceptors (Lipinski definition) is 7. The molecule has 0 radical (unpaired) electrons. The van der Waals surface area contributed by atoms with Crippen molar-refractivity contribution in [3.05, 3.63) is 34.4 Å². The van der Waals surface area contributed by atoms with Crippen molar-refractivity contribution in [2.24, 2.45) is 5.92 Å². The van der Waals surface area contributed by atoms with Crippen LogP contribution in [0.4, 0.5) is 21.0 Å². The number of benzene rings is 1. The minimum atomic E-state index is -1.82. The average Bonchev–Trinajstić information content (AvgIpc) is 2.63. The van der Waals surface area contributed by atoms with Crippen molar-refractivity contribution in [3.8, 4) is 0 Å². The second-order valence-corrected chi connectivity index (χ2v) is 5.38. The summed E-state index contributed by atoms with van der Waals surface area (Å²) in [6.45, 7) is 0. The summed E-state index contributed by atoms with van der Waals surface area (Å²) in [4.78, 5) is 70.5. The lowest BCUT2D eigenvalue weighted by Crippen LogP contribution is -2.62. The first kappa shape index (κ1) is 19.3. The van der Waals surface area contributed by atoms with Gasteiger partial charge in [0.2, 0.25) is 0 Å². The normalized spacial score (nSPS) is 14.8. The van der Waals surface area contributed by atoms with Crippen LogP contribution in [0.25, 0.3) is 0 Å². The molecule has 27 heavy (non-hydrogen) atoms. The van der Waals surface area contributed by atoms with Gasteiger partial charge in [0.25, 0.3) is 23.4 Å². The fourth-order valence-corrected chi connectivity index (χ4v) is 2.15. The Hall–Kier alpha value is -4.03. The highest BCUT2D eigenvalue weighted by molar-refractivity contribution is 6.25. The van der Waals surface area contributed by atoms with E-state index >= 15 is 0 Å². The van der Waals surface area contributed by atoms with Gasteiger partial charge in [0, 0.05) is 31.9 Å². The third kappa shape index (κ3) is 3.97. The van der Waals surface area contributed by atoms with Crippen molar-refractivity contribution in [2.75, 3.05) is 19.4 Å². The van der Waals surface area contributed by atoms with E-state index in [2.05, 4.69) is 5.32 Å². The van der Waals surface area contributed by atoms with E-state index in [1.807, 2.05) is 10.9 Å². The monoisotopic (exact) mass is 378 g/mol. The molecule has 1 saturated heterocycles. The van der Waals surface area contributed by atoms with Gasteiger partial charge >= 0.3 is 12.1 Å². The van der Waals surface area contributed by atoms with Crippen LogP contribution in [0, 0.1) is 16.0 Å². The standard InChI is InChI=1S/C14H14N6O7/c1-18-11(22)9(12(23)19(2)14(18)25)10(21)16-17-13(24)15-7-3-5-8(6-4-7)20(26)27/h3-6,9H,1-2H3,(H,16,21)(H2,15,17,24). The van der Waals surface area contributed by atoms with Crippen LogP contribution in [-0.4, -0.2) is 58.6 Å². The Morgan fingerprint density at radius 3 is 2.00 bits per heavy atom. The summed E-state index contributed by atoms with van der Waals surface area (Å²) in [6, 6.07) is 3.06. The van der Waals surface area contributed by atoms with Crippen molar-refractivity contribution >= 4 is 41.2 Å². The van der Waals surface area contributed by atoms with E-state index in [1.54, 1.807) is 0 Å². The molecule has 3 N–H and O–H groups in total. The van der Waals surface area contributed by atoms with Gasteiger partial charge in [0.05, 0.1) is 4.92 Å². The van der Waals surface area contributed by atoms with E-state index in [0.29, 0.717) is 9.80 Å². The second kappa shape index (κ2) is 7.47. The molecule has 1 fully saturated rings. The lowest BCUT2D eigenvalue weighted by atomic mass is 10.0. The Bertz CT molecular complexity index is 813. The molecule has 0 atom stereocenters. The number of nitrogens with one attached hydrogen (secondary N) is 3. The molecule has 2 rings (SSSR count). The lowest BCUT2D eigenvalue weighted by molar-refractivity contribution is -0.384. The van der Waals surface area contributed by atoms with Crippen molar-refractivity contribution < 1.29 is 28.9 Å². The van der Waals surface area contributed by atoms with Gasteiger partial charge in [-0.25, -0.2) is 15.0 Å². The number of rotatable bonds is 3. The highest BCUT2D eigenvalue weighted by Gasteiger charge is 2.46. The molecule has 7 amide bonds. The predicted octanol–water partition coefficient (Wildman–Crippen LogP) is -0.586. The molecule has 1 aliphatic heterocycles. The first-order valence-corrected chi connectivity index (χ1v) is 7.34. The predicted molar refractivity (Wildman–Crippen MR) is 87.8 cm³/mol. The van der Waals surface area contributed by atoms with Crippen LogP contribution in [0.3, 0.4) is 0 Å². The number of urea groups is 2. The van der Waals surface area contributed by atoms with Crippen molar-refractivity contribution in [3.63, 3.8) is 0 Å². The Morgan fingerprint density at radius 2 is 1.52 bits per heavy atom. The number of nitrogens with zero attached hydrogens (tertiary/aromatic N) is 3. The van der Waals surface area contributed by atoms with E-state index in [0.717, 1.165) is 26.2 Å². The minimum absolute atomic E-state index is 0.175. The van der Waals surface area contributed by atoms with Crippen LogP contribution in [0.15, 0.2) is 24.3 Å². The van der Waals surface area contributed by atoms with Crippen LogP contribution in [-0.2, 0) is 14.4 Å². The lowest BCUT2D eigenvalue weighted by Gasteiger charge is -2.31. The highest BCUT2D eigenvalue weighted by atomic mass is 16.6. The zero-order valence-corrected chi connectivity index (χ0v) is 14.1. The molecule has 13 nitrogen and oxygen atoms in total. The Labute approximate surface area is 151 Å². The quantitative estimate of drug-likeness (QED) is 0.358. The van der Waals surface area contributed by atoms with E-state index in [1.165, 1.54) is 12.1 Å². The van der Waals surface area contributed by atoms with Gasteiger partial charge in [-0.3, -0.25) is 39.7 Å². The molecule has 1 heterocycles. The Morgan fingerprint density at radius 1 is 1.00 bits per heavy atom. The van der Waals surface area contributed by atoms with Crippen LogP contribution in [0.5, 0.6) is 0 Å². The molecule has 0 spiro atoms. The molecule has 1 aromatic rings. The molecule has 0 unspecified atom stereocenters. The van der Waals surface area contributed by atoms with Gasteiger partial charge in [-0.2, -0.15) is 0 Å². The van der Waals surface area contributed by atoms with Crippen molar-refractivity contribution in [2.45, 2.75) is 0 Å². The smallest absolute Gasteiger partial charge is 0.307 e. The third-order valence-electron chi connectivity index (χ3n) is 3.63. The number of carbonyl (C=O) groups excluding carboxylic acids is 5.